The Bertz CT molecular complexity index is 1480. The van der Waals surface area contributed by atoms with Crippen LogP contribution >= 0.6 is 0 Å². The molecule has 2 saturated heterocycles. The molecule has 2 aromatic rings. The van der Waals surface area contributed by atoms with Crippen LogP contribution in [-0.2, 0) is 0 Å². The van der Waals surface area contributed by atoms with Crippen LogP contribution in [0.2, 0.25) is 0 Å². The van der Waals surface area contributed by atoms with Gasteiger partial charge in [0.1, 0.15) is 0 Å². The minimum Gasteiger partial charge on any atom is -0.493 e. The van der Waals surface area contributed by atoms with Gasteiger partial charge in [-0.25, -0.2) is 9.69 Å². The summed E-state index contributed by atoms with van der Waals surface area (Å²) in [6.07, 6.45) is 2.65. The topological polar surface area (TPSA) is 151 Å². The summed E-state index contributed by atoms with van der Waals surface area (Å²) in [5.74, 6) is 1.17. The van der Waals surface area contributed by atoms with Crippen molar-refractivity contribution in [2.75, 3.05) is 45.4 Å². The summed E-state index contributed by atoms with van der Waals surface area (Å²) in [4.78, 5) is 46.6. The van der Waals surface area contributed by atoms with Crippen LogP contribution in [-0.4, -0.2) is 103 Å². The van der Waals surface area contributed by atoms with Gasteiger partial charge in [-0.15, -0.1) is 0 Å². The number of carbonyl (C=O) groups excluding carboxylic acids is 2. The summed E-state index contributed by atoms with van der Waals surface area (Å²) in [6.45, 7) is 1.89. The van der Waals surface area contributed by atoms with Crippen LogP contribution in [0.15, 0.2) is 29.3 Å². The number of hydrogen-bond donors (Lipinski definition) is 2. The number of rotatable bonds is 10. The number of carbonyl (C=O) groups is 3. The highest BCUT2D eigenvalue weighted by atomic mass is 16.5. The zero-order valence-corrected chi connectivity index (χ0v) is 24.0. The molecule has 3 atom stereocenters. The van der Waals surface area contributed by atoms with Gasteiger partial charge in [-0.1, -0.05) is 0 Å². The van der Waals surface area contributed by atoms with Crippen LogP contribution < -0.4 is 23.8 Å². The lowest BCUT2D eigenvalue weighted by molar-refractivity contribution is -0.00238. The van der Waals surface area contributed by atoms with Crippen molar-refractivity contribution in [3.8, 4) is 23.0 Å². The van der Waals surface area contributed by atoms with E-state index in [0.29, 0.717) is 67.5 Å². The third-order valence-corrected chi connectivity index (χ3v) is 8.44. The Morgan fingerprint density at radius 2 is 1.49 bits per heavy atom. The zero-order valence-electron chi connectivity index (χ0n) is 24.0. The molecule has 4 aliphatic rings. The Labute approximate surface area is 248 Å². The van der Waals surface area contributed by atoms with Crippen molar-refractivity contribution < 1.29 is 43.5 Å². The van der Waals surface area contributed by atoms with Crippen LogP contribution in [0.5, 0.6) is 23.0 Å². The molecule has 43 heavy (non-hydrogen) atoms. The fourth-order valence-corrected chi connectivity index (χ4v) is 5.83. The third-order valence-electron chi connectivity index (χ3n) is 8.44. The van der Waals surface area contributed by atoms with Gasteiger partial charge in [0.15, 0.2) is 29.2 Å². The Morgan fingerprint density at radius 1 is 0.860 bits per heavy atom. The molecule has 3 amide bonds. The Hall–Kier alpha value is -4.52. The maximum Gasteiger partial charge on any atom is 0.414 e. The Morgan fingerprint density at radius 3 is 2.07 bits per heavy atom. The predicted octanol–water partition coefficient (Wildman–Crippen LogP) is 3.29. The van der Waals surface area contributed by atoms with Crippen molar-refractivity contribution in [2.24, 2.45) is 4.99 Å². The van der Waals surface area contributed by atoms with Gasteiger partial charge < -0.3 is 39.0 Å². The molecule has 2 unspecified atom stereocenters. The van der Waals surface area contributed by atoms with Gasteiger partial charge >= 0.3 is 6.09 Å². The molecular weight excluding hydrogens is 560 g/mol. The minimum absolute atomic E-state index is 0.0431. The highest BCUT2D eigenvalue weighted by molar-refractivity contribution is 6.06. The molecule has 6 rings (SSSR count). The first kappa shape index (κ1) is 28.6. The summed E-state index contributed by atoms with van der Waals surface area (Å²) >= 11 is 0. The minimum atomic E-state index is -1.38. The Kier molecular flexibility index (Phi) is 7.74. The molecule has 228 valence electrons. The normalized spacial score (nSPS) is 21.7. The average molecular weight is 595 g/mol. The maximum absolute atomic E-state index is 13.1. The number of nitrogens with zero attached hydrogens (tertiary/aromatic N) is 4. The van der Waals surface area contributed by atoms with Gasteiger partial charge in [0, 0.05) is 31.4 Å². The largest absolute Gasteiger partial charge is 0.493 e. The SMILES string of the molecule is COc1cc2c(cc1OCCCCCOc1cc3c(cc1OC)C(=O)N1CCC1C(O)N3C(=O)O)N=C[C@@H]1CCN1C2=O. The highest BCUT2D eigenvalue weighted by Gasteiger charge is 2.47. The summed E-state index contributed by atoms with van der Waals surface area (Å²) in [6, 6.07) is 5.79. The molecular formula is C30H34N4O9. The summed E-state index contributed by atoms with van der Waals surface area (Å²) in [5.41, 5.74) is 1.27. The van der Waals surface area contributed by atoms with Crippen molar-refractivity contribution in [3.05, 3.63) is 35.4 Å². The number of carboxylic acid groups (broad SMARTS) is 1. The molecule has 0 aromatic heterocycles. The molecule has 2 aromatic carbocycles. The van der Waals surface area contributed by atoms with E-state index in [4.69, 9.17) is 18.9 Å². The smallest absolute Gasteiger partial charge is 0.414 e. The van der Waals surface area contributed by atoms with Crippen LogP contribution in [0, 0.1) is 0 Å². The van der Waals surface area contributed by atoms with E-state index < -0.39 is 18.4 Å². The van der Waals surface area contributed by atoms with E-state index in [-0.39, 0.29) is 34.9 Å². The standard InChI is InChI=1S/C30H34N4O9/c1-40-23-12-18-20(31-16-17-6-8-32(17)27(18)35)14-25(23)42-10-4-3-5-11-43-26-15-22-19(13-24(26)41-2)28(36)33-9-7-21(33)29(37)34(22)30(38)39/h12-17,21,29,37H,3-11H2,1-2H3,(H,38,39)/t17-,21?,29?/m0/s1. The molecule has 0 radical (unpaired) electrons. The molecule has 13 nitrogen and oxygen atoms in total. The van der Waals surface area contributed by atoms with E-state index in [1.54, 1.807) is 17.0 Å². The lowest BCUT2D eigenvalue weighted by Gasteiger charge is -2.43. The lowest BCUT2D eigenvalue weighted by Crippen LogP contribution is -2.60. The number of amides is 3. The summed E-state index contributed by atoms with van der Waals surface area (Å²) in [7, 11) is 2.98. The number of ether oxygens (including phenoxy) is 4. The second-order valence-electron chi connectivity index (χ2n) is 10.9. The second kappa shape index (κ2) is 11.6. The highest BCUT2D eigenvalue weighted by Crippen LogP contribution is 2.42. The number of anilines is 1. The van der Waals surface area contributed by atoms with Gasteiger partial charge in [-0.2, -0.15) is 0 Å². The first-order chi connectivity index (χ1) is 20.8. The molecule has 0 bridgehead atoms. The van der Waals surface area contributed by atoms with Crippen molar-refractivity contribution in [2.45, 2.75) is 50.4 Å². The fourth-order valence-electron chi connectivity index (χ4n) is 5.83. The predicted molar refractivity (Wildman–Crippen MR) is 154 cm³/mol. The quantitative estimate of drug-likeness (QED) is 0.395. The summed E-state index contributed by atoms with van der Waals surface area (Å²) < 4.78 is 22.9. The van der Waals surface area contributed by atoms with Gasteiger partial charge in [0.25, 0.3) is 11.8 Å². The fraction of sp³-hybridized carbons (Fsp3) is 0.467. The van der Waals surface area contributed by atoms with E-state index in [1.807, 2.05) is 6.21 Å². The van der Waals surface area contributed by atoms with Crippen LogP contribution in [0.3, 0.4) is 0 Å². The molecule has 0 saturated carbocycles. The number of aliphatic imine (C=N–C) groups is 1. The molecule has 0 aliphatic carbocycles. The third kappa shape index (κ3) is 5.07. The number of unbranched alkanes of at least 4 members (excludes halogenated alkanes) is 2. The van der Waals surface area contributed by atoms with Crippen molar-refractivity contribution in [1.82, 2.24) is 9.80 Å². The molecule has 2 fully saturated rings. The second-order valence-corrected chi connectivity index (χ2v) is 10.9. The molecule has 13 heteroatoms. The lowest BCUT2D eigenvalue weighted by atomic mass is 10.0. The van der Waals surface area contributed by atoms with Gasteiger partial charge in [-0.3, -0.25) is 14.6 Å². The van der Waals surface area contributed by atoms with E-state index in [9.17, 15) is 24.6 Å². The number of hydrogen-bond acceptors (Lipinski definition) is 9. The number of aliphatic hydroxyl groups excluding tert-OH is 1. The maximum atomic E-state index is 13.1. The van der Waals surface area contributed by atoms with Gasteiger partial charge in [0.05, 0.1) is 62.0 Å². The van der Waals surface area contributed by atoms with E-state index in [2.05, 4.69) is 4.99 Å². The number of aliphatic hydroxyl groups is 1. The number of benzene rings is 2. The molecule has 4 heterocycles. The zero-order chi connectivity index (χ0) is 30.2. The molecule has 2 N–H and O–H groups in total. The first-order valence-corrected chi connectivity index (χ1v) is 14.4. The van der Waals surface area contributed by atoms with E-state index in [1.165, 1.54) is 31.3 Å². The molecule has 4 aliphatic heterocycles. The number of methoxy groups -OCH3 is 2. The van der Waals surface area contributed by atoms with Crippen LogP contribution in [0.1, 0.15) is 52.8 Å². The average Bonchev–Trinajstić information content (AvgIpc) is 3.06. The van der Waals surface area contributed by atoms with Gasteiger partial charge in [0.2, 0.25) is 0 Å². The van der Waals surface area contributed by atoms with Crippen molar-refractivity contribution in [3.63, 3.8) is 0 Å². The van der Waals surface area contributed by atoms with E-state index >= 15 is 0 Å². The first-order valence-electron chi connectivity index (χ1n) is 14.4. The monoisotopic (exact) mass is 594 g/mol. The van der Waals surface area contributed by atoms with Crippen molar-refractivity contribution in [1.29, 1.82) is 0 Å². The van der Waals surface area contributed by atoms with Crippen LogP contribution in [0.4, 0.5) is 16.2 Å². The van der Waals surface area contributed by atoms with Crippen LogP contribution in [0.25, 0.3) is 0 Å². The Balaban J connectivity index is 1.06. The number of fused-ring (bicyclic) bond motifs is 4. The van der Waals surface area contributed by atoms with E-state index in [0.717, 1.165) is 24.3 Å². The summed E-state index contributed by atoms with van der Waals surface area (Å²) in [5, 5.41) is 20.6. The van der Waals surface area contributed by atoms with Crippen molar-refractivity contribution >= 4 is 35.5 Å². The van der Waals surface area contributed by atoms with Gasteiger partial charge in [-0.05, 0) is 44.2 Å². The molecule has 0 spiro atoms.